The Morgan fingerprint density at radius 3 is 1.95 bits per heavy atom. The van der Waals surface area contributed by atoms with E-state index >= 15 is 0 Å². The predicted molar refractivity (Wildman–Crippen MR) is 83.9 cm³/mol. The number of pyridine rings is 2. The Bertz CT molecular complexity index is 661. The number of aromatic nitrogens is 2. The summed E-state index contributed by atoms with van der Waals surface area (Å²) >= 11 is 2.31. The van der Waals surface area contributed by atoms with Crippen LogP contribution in [0.5, 0.6) is 0 Å². The molecule has 3 rings (SSSR count). The molecule has 0 aliphatic heterocycles. The molecule has 0 aliphatic rings. The Kier molecular flexibility index (Phi) is 3.55. The summed E-state index contributed by atoms with van der Waals surface area (Å²) in [6.45, 7) is 0. The summed E-state index contributed by atoms with van der Waals surface area (Å²) in [5.74, 6) is 0. The fraction of sp³-hybridized carbons (Fsp3) is 0. The first-order chi connectivity index (χ1) is 9.33. The molecule has 0 radical (unpaired) electrons. The molecule has 0 unspecified atom stereocenters. The summed E-state index contributed by atoms with van der Waals surface area (Å²) < 4.78 is 3.36. The maximum atomic E-state index is 4.04. The highest BCUT2D eigenvalue weighted by Crippen LogP contribution is 2.16. The molecule has 2 nitrogen and oxygen atoms in total. The van der Waals surface area contributed by atoms with E-state index in [1.807, 2.05) is 24.5 Å². The van der Waals surface area contributed by atoms with Crippen LogP contribution in [-0.2, 0) is 0 Å². The molecular weight excluding hydrogens is 347 g/mol. The van der Waals surface area contributed by atoms with E-state index < -0.39 is 0 Å². The Balaban J connectivity index is 1.93. The smallest absolute Gasteiger partial charge is 0.210 e. The fourth-order valence-electron chi connectivity index (χ4n) is 1.95. The van der Waals surface area contributed by atoms with E-state index in [0.717, 1.165) is 0 Å². The van der Waals surface area contributed by atoms with Gasteiger partial charge in [0.2, 0.25) is 5.69 Å². The SMILES string of the molecule is Ic1ccc(-[n+]2ccc(-c3ccncc3)cc2)cc1. The lowest BCUT2D eigenvalue weighted by Gasteiger charge is -2.00. The Morgan fingerprint density at radius 2 is 1.32 bits per heavy atom. The van der Waals surface area contributed by atoms with Gasteiger partial charge in [-0.05, 0) is 58.0 Å². The van der Waals surface area contributed by atoms with Crippen molar-refractivity contribution in [3.05, 3.63) is 76.9 Å². The van der Waals surface area contributed by atoms with Crippen molar-refractivity contribution >= 4 is 22.6 Å². The summed E-state index contributed by atoms with van der Waals surface area (Å²) in [6, 6.07) is 16.7. The van der Waals surface area contributed by atoms with E-state index in [-0.39, 0.29) is 0 Å². The zero-order valence-electron chi connectivity index (χ0n) is 10.2. The molecule has 1 aromatic carbocycles. The van der Waals surface area contributed by atoms with Crippen molar-refractivity contribution in [1.29, 1.82) is 0 Å². The number of hydrogen-bond acceptors (Lipinski definition) is 1. The molecule has 19 heavy (non-hydrogen) atoms. The monoisotopic (exact) mass is 359 g/mol. The molecule has 2 heterocycles. The highest BCUT2D eigenvalue weighted by molar-refractivity contribution is 14.1. The first kappa shape index (κ1) is 12.3. The molecule has 92 valence electrons. The van der Waals surface area contributed by atoms with Crippen LogP contribution in [0.4, 0.5) is 0 Å². The van der Waals surface area contributed by atoms with E-state index in [0.29, 0.717) is 0 Å². The van der Waals surface area contributed by atoms with Gasteiger partial charge in [0.05, 0.1) is 0 Å². The normalized spacial score (nSPS) is 10.4. The van der Waals surface area contributed by atoms with Crippen LogP contribution in [-0.4, -0.2) is 4.98 Å². The van der Waals surface area contributed by atoms with Crippen molar-refractivity contribution in [2.75, 3.05) is 0 Å². The van der Waals surface area contributed by atoms with Gasteiger partial charge in [0.25, 0.3) is 0 Å². The van der Waals surface area contributed by atoms with E-state index in [2.05, 4.69) is 80.9 Å². The van der Waals surface area contributed by atoms with Gasteiger partial charge in [0, 0.05) is 40.2 Å². The highest BCUT2D eigenvalue weighted by atomic mass is 127. The second kappa shape index (κ2) is 5.48. The lowest BCUT2D eigenvalue weighted by Crippen LogP contribution is -2.28. The summed E-state index contributed by atoms with van der Waals surface area (Å²) in [7, 11) is 0. The molecule has 0 atom stereocenters. The Morgan fingerprint density at radius 1 is 0.737 bits per heavy atom. The maximum Gasteiger partial charge on any atom is 0.210 e. The number of hydrogen-bond donors (Lipinski definition) is 0. The minimum atomic E-state index is 1.17. The average molecular weight is 359 g/mol. The van der Waals surface area contributed by atoms with E-state index in [9.17, 15) is 0 Å². The van der Waals surface area contributed by atoms with Crippen molar-refractivity contribution in [2.24, 2.45) is 0 Å². The molecule has 0 spiro atoms. The van der Waals surface area contributed by atoms with Gasteiger partial charge in [-0.2, -0.15) is 4.57 Å². The molecule has 0 saturated carbocycles. The zero-order valence-corrected chi connectivity index (χ0v) is 12.4. The van der Waals surface area contributed by atoms with Crippen LogP contribution in [0.2, 0.25) is 0 Å². The van der Waals surface area contributed by atoms with Gasteiger partial charge in [-0.25, -0.2) is 0 Å². The molecule has 0 N–H and O–H groups in total. The Labute approximate surface area is 125 Å². The quantitative estimate of drug-likeness (QED) is 0.504. The minimum Gasteiger partial charge on any atom is -0.265 e. The number of nitrogens with zero attached hydrogens (tertiary/aromatic N) is 2. The van der Waals surface area contributed by atoms with Crippen molar-refractivity contribution in [2.45, 2.75) is 0 Å². The minimum absolute atomic E-state index is 1.17. The molecule has 3 aromatic rings. The zero-order chi connectivity index (χ0) is 13.1. The predicted octanol–water partition coefficient (Wildman–Crippen LogP) is 3.63. The summed E-state index contributed by atoms with van der Waals surface area (Å²) in [5.41, 5.74) is 3.55. The number of rotatable bonds is 2. The van der Waals surface area contributed by atoms with Gasteiger partial charge in [-0.15, -0.1) is 0 Å². The van der Waals surface area contributed by atoms with Gasteiger partial charge < -0.3 is 0 Å². The maximum absolute atomic E-state index is 4.04. The fourth-order valence-corrected chi connectivity index (χ4v) is 2.31. The van der Waals surface area contributed by atoms with Crippen LogP contribution in [0.15, 0.2) is 73.3 Å². The number of halogens is 1. The van der Waals surface area contributed by atoms with Crippen LogP contribution in [0.1, 0.15) is 0 Å². The molecule has 0 aliphatic carbocycles. The molecule has 0 saturated heterocycles. The van der Waals surface area contributed by atoms with Gasteiger partial charge >= 0.3 is 0 Å². The summed E-state index contributed by atoms with van der Waals surface area (Å²) in [5, 5.41) is 0. The van der Waals surface area contributed by atoms with Crippen molar-refractivity contribution in [3.8, 4) is 16.8 Å². The summed E-state index contributed by atoms with van der Waals surface area (Å²) in [4.78, 5) is 4.04. The molecule has 0 amide bonds. The van der Waals surface area contributed by atoms with Crippen molar-refractivity contribution < 1.29 is 4.57 Å². The van der Waals surface area contributed by atoms with E-state index in [1.54, 1.807) is 0 Å². The van der Waals surface area contributed by atoms with Gasteiger partial charge in [-0.1, -0.05) is 0 Å². The largest absolute Gasteiger partial charge is 0.265 e. The lowest BCUT2D eigenvalue weighted by atomic mass is 10.1. The van der Waals surface area contributed by atoms with Crippen molar-refractivity contribution in [3.63, 3.8) is 0 Å². The van der Waals surface area contributed by atoms with Gasteiger partial charge in [0.1, 0.15) is 0 Å². The molecular formula is C16H12IN2+. The standard InChI is InChI=1S/C16H12IN2/c17-15-1-3-16(4-2-15)19-11-7-14(8-12-19)13-5-9-18-10-6-13/h1-12H/q+1. The second-order valence-electron chi connectivity index (χ2n) is 4.21. The second-order valence-corrected chi connectivity index (χ2v) is 5.45. The topological polar surface area (TPSA) is 16.8 Å². The first-order valence-corrected chi connectivity index (χ1v) is 7.08. The molecule has 0 fully saturated rings. The average Bonchev–Trinajstić information content (AvgIpc) is 2.49. The van der Waals surface area contributed by atoms with E-state index in [1.165, 1.54) is 20.4 Å². The molecule has 0 bridgehead atoms. The summed E-state index contributed by atoms with van der Waals surface area (Å²) in [6.07, 6.45) is 7.79. The Hall–Kier alpha value is -1.75. The lowest BCUT2D eigenvalue weighted by molar-refractivity contribution is -0.595. The highest BCUT2D eigenvalue weighted by Gasteiger charge is 2.05. The van der Waals surface area contributed by atoms with Crippen LogP contribution < -0.4 is 4.57 Å². The third kappa shape index (κ3) is 2.81. The van der Waals surface area contributed by atoms with Crippen LogP contribution in [0.3, 0.4) is 0 Å². The van der Waals surface area contributed by atoms with Crippen molar-refractivity contribution in [1.82, 2.24) is 4.98 Å². The van der Waals surface area contributed by atoms with Crippen LogP contribution >= 0.6 is 22.6 Å². The van der Waals surface area contributed by atoms with Crippen LogP contribution in [0.25, 0.3) is 16.8 Å². The van der Waals surface area contributed by atoms with Gasteiger partial charge in [-0.3, -0.25) is 4.98 Å². The molecule has 2 aromatic heterocycles. The molecule has 3 heteroatoms. The van der Waals surface area contributed by atoms with Gasteiger partial charge in [0.15, 0.2) is 12.4 Å². The third-order valence-corrected chi connectivity index (χ3v) is 3.69. The first-order valence-electron chi connectivity index (χ1n) is 6.00. The number of benzene rings is 1. The third-order valence-electron chi connectivity index (χ3n) is 2.97. The van der Waals surface area contributed by atoms with Crippen LogP contribution in [0, 0.1) is 3.57 Å². The van der Waals surface area contributed by atoms with E-state index in [4.69, 9.17) is 0 Å².